The Balaban J connectivity index is 1.94. The highest BCUT2D eigenvalue weighted by atomic mass is 15.6. The van der Waals surface area contributed by atoms with Crippen molar-refractivity contribution in [3.63, 3.8) is 0 Å². The van der Waals surface area contributed by atoms with Crippen LogP contribution in [0.2, 0.25) is 0 Å². The molecule has 0 amide bonds. The summed E-state index contributed by atoms with van der Waals surface area (Å²) in [7, 11) is 1.82. The SMILES string of the molecule is CC(C)NCC1(Cc2nnn(C)n2)CCC1. The molecule has 0 radical (unpaired) electrons. The zero-order valence-corrected chi connectivity index (χ0v) is 10.4. The molecule has 0 aromatic carbocycles. The maximum Gasteiger partial charge on any atom is 0.175 e. The minimum atomic E-state index is 0.382. The molecule has 1 aliphatic rings. The lowest BCUT2D eigenvalue weighted by Crippen LogP contribution is -2.43. The van der Waals surface area contributed by atoms with E-state index in [1.807, 2.05) is 7.05 Å². The van der Waals surface area contributed by atoms with Gasteiger partial charge in [-0.3, -0.25) is 0 Å². The predicted octanol–water partition coefficient (Wildman–Crippen LogP) is 0.921. The topological polar surface area (TPSA) is 55.6 Å². The van der Waals surface area contributed by atoms with E-state index >= 15 is 0 Å². The molecule has 0 unspecified atom stereocenters. The van der Waals surface area contributed by atoms with E-state index in [2.05, 4.69) is 34.6 Å². The van der Waals surface area contributed by atoms with Gasteiger partial charge in [0, 0.05) is 19.0 Å². The third-order valence-electron chi connectivity index (χ3n) is 3.38. The lowest BCUT2D eigenvalue weighted by molar-refractivity contribution is 0.123. The Morgan fingerprint density at radius 2 is 2.19 bits per heavy atom. The van der Waals surface area contributed by atoms with Crippen molar-refractivity contribution in [2.24, 2.45) is 12.5 Å². The Hall–Kier alpha value is -0.970. The maximum absolute atomic E-state index is 4.27. The van der Waals surface area contributed by atoms with Crippen LogP contribution in [0.25, 0.3) is 0 Å². The van der Waals surface area contributed by atoms with E-state index in [0.717, 1.165) is 18.8 Å². The molecule has 0 saturated heterocycles. The van der Waals surface area contributed by atoms with E-state index < -0.39 is 0 Å². The smallest absolute Gasteiger partial charge is 0.175 e. The van der Waals surface area contributed by atoms with Crippen molar-refractivity contribution in [1.82, 2.24) is 25.5 Å². The number of tetrazole rings is 1. The van der Waals surface area contributed by atoms with Crippen molar-refractivity contribution < 1.29 is 0 Å². The highest BCUT2D eigenvalue weighted by Gasteiger charge is 2.38. The molecule has 0 bridgehead atoms. The first-order chi connectivity index (χ1) is 7.60. The van der Waals surface area contributed by atoms with Crippen LogP contribution in [0.1, 0.15) is 38.9 Å². The Morgan fingerprint density at radius 3 is 2.62 bits per heavy atom. The molecule has 5 nitrogen and oxygen atoms in total. The lowest BCUT2D eigenvalue weighted by atomic mass is 9.66. The standard InChI is InChI=1S/C11H21N5/c1-9(2)12-8-11(5-4-6-11)7-10-13-15-16(3)14-10/h9,12H,4-8H2,1-3H3. The van der Waals surface area contributed by atoms with E-state index in [4.69, 9.17) is 0 Å². The third-order valence-corrected chi connectivity index (χ3v) is 3.38. The summed E-state index contributed by atoms with van der Waals surface area (Å²) in [6, 6.07) is 0.548. The summed E-state index contributed by atoms with van der Waals surface area (Å²) in [6.07, 6.45) is 4.86. The van der Waals surface area contributed by atoms with Crippen molar-refractivity contribution in [3.8, 4) is 0 Å². The monoisotopic (exact) mass is 223 g/mol. The number of nitrogens with zero attached hydrogens (tertiary/aromatic N) is 4. The van der Waals surface area contributed by atoms with Crippen LogP contribution in [-0.4, -0.2) is 32.8 Å². The summed E-state index contributed by atoms with van der Waals surface area (Å²) in [5, 5.41) is 15.8. The predicted molar refractivity (Wildman–Crippen MR) is 61.9 cm³/mol. The molecule has 90 valence electrons. The highest BCUT2D eigenvalue weighted by Crippen LogP contribution is 2.42. The van der Waals surface area contributed by atoms with Crippen molar-refractivity contribution in [2.45, 2.75) is 45.6 Å². The number of rotatable bonds is 5. The van der Waals surface area contributed by atoms with Gasteiger partial charge in [-0.15, -0.1) is 10.2 Å². The van der Waals surface area contributed by atoms with Crippen LogP contribution in [0.5, 0.6) is 0 Å². The summed E-state index contributed by atoms with van der Waals surface area (Å²) in [5.41, 5.74) is 0.382. The van der Waals surface area contributed by atoms with Gasteiger partial charge in [0.05, 0.1) is 7.05 Å². The number of nitrogens with one attached hydrogen (secondary N) is 1. The Labute approximate surface area is 96.6 Å². The molecule has 1 N–H and O–H groups in total. The molecule has 0 aliphatic heterocycles. The highest BCUT2D eigenvalue weighted by molar-refractivity contribution is 4.97. The fourth-order valence-electron chi connectivity index (χ4n) is 2.24. The van der Waals surface area contributed by atoms with Crippen LogP contribution in [0.4, 0.5) is 0 Å². The quantitative estimate of drug-likeness (QED) is 0.806. The summed E-state index contributed by atoms with van der Waals surface area (Å²) >= 11 is 0. The first-order valence-electron chi connectivity index (χ1n) is 6.06. The fourth-order valence-corrected chi connectivity index (χ4v) is 2.24. The number of aromatic nitrogens is 4. The largest absolute Gasteiger partial charge is 0.314 e. The first kappa shape index (κ1) is 11.5. The van der Waals surface area contributed by atoms with Gasteiger partial charge in [-0.25, -0.2) is 0 Å². The number of hydrogen-bond acceptors (Lipinski definition) is 4. The van der Waals surface area contributed by atoms with E-state index in [9.17, 15) is 0 Å². The molecular formula is C11H21N5. The van der Waals surface area contributed by atoms with Gasteiger partial charge in [-0.1, -0.05) is 20.3 Å². The molecule has 1 heterocycles. The molecule has 1 fully saturated rings. The zero-order chi connectivity index (χ0) is 11.6. The van der Waals surface area contributed by atoms with Gasteiger partial charge in [0.25, 0.3) is 0 Å². The van der Waals surface area contributed by atoms with E-state index in [1.54, 1.807) is 0 Å². The van der Waals surface area contributed by atoms with Gasteiger partial charge >= 0.3 is 0 Å². The van der Waals surface area contributed by atoms with Gasteiger partial charge < -0.3 is 5.32 Å². The average Bonchev–Trinajstić information content (AvgIpc) is 2.55. The van der Waals surface area contributed by atoms with E-state index in [0.29, 0.717) is 11.5 Å². The molecule has 0 spiro atoms. The summed E-state index contributed by atoms with van der Waals surface area (Å²) in [5.74, 6) is 0.882. The minimum absolute atomic E-state index is 0.382. The normalized spacial score (nSPS) is 18.8. The Morgan fingerprint density at radius 1 is 1.44 bits per heavy atom. The second kappa shape index (κ2) is 4.49. The average molecular weight is 223 g/mol. The van der Waals surface area contributed by atoms with Gasteiger partial charge in [-0.05, 0) is 23.5 Å². The van der Waals surface area contributed by atoms with Crippen LogP contribution < -0.4 is 5.32 Å². The van der Waals surface area contributed by atoms with Crippen LogP contribution in [-0.2, 0) is 13.5 Å². The van der Waals surface area contributed by atoms with Crippen LogP contribution in [0, 0.1) is 5.41 Å². The van der Waals surface area contributed by atoms with Crippen LogP contribution in [0.3, 0.4) is 0 Å². The van der Waals surface area contributed by atoms with E-state index in [-0.39, 0.29) is 0 Å². The van der Waals surface area contributed by atoms with Gasteiger partial charge in [0.2, 0.25) is 0 Å². The van der Waals surface area contributed by atoms with Crippen LogP contribution in [0.15, 0.2) is 0 Å². The molecule has 1 saturated carbocycles. The minimum Gasteiger partial charge on any atom is -0.314 e. The summed E-state index contributed by atoms with van der Waals surface area (Å²) in [6.45, 7) is 5.45. The maximum atomic E-state index is 4.27. The third kappa shape index (κ3) is 2.58. The second-order valence-corrected chi connectivity index (χ2v) is 5.26. The molecule has 1 aliphatic carbocycles. The fraction of sp³-hybridized carbons (Fsp3) is 0.909. The molecule has 1 aromatic heterocycles. The van der Waals surface area contributed by atoms with Crippen LogP contribution >= 0.6 is 0 Å². The molecule has 0 atom stereocenters. The zero-order valence-electron chi connectivity index (χ0n) is 10.4. The van der Waals surface area contributed by atoms with Gasteiger partial charge in [-0.2, -0.15) is 4.80 Å². The molecular weight excluding hydrogens is 202 g/mol. The summed E-state index contributed by atoms with van der Waals surface area (Å²) in [4.78, 5) is 1.54. The molecule has 5 heteroatoms. The lowest BCUT2D eigenvalue weighted by Gasteiger charge is -2.42. The Bertz CT molecular complexity index is 340. The molecule has 1 aromatic rings. The van der Waals surface area contributed by atoms with Gasteiger partial charge in [0.15, 0.2) is 5.82 Å². The molecule has 2 rings (SSSR count). The molecule has 16 heavy (non-hydrogen) atoms. The van der Waals surface area contributed by atoms with Crippen molar-refractivity contribution in [3.05, 3.63) is 5.82 Å². The Kier molecular flexibility index (Phi) is 3.23. The first-order valence-corrected chi connectivity index (χ1v) is 6.06. The van der Waals surface area contributed by atoms with Crippen molar-refractivity contribution >= 4 is 0 Å². The summed E-state index contributed by atoms with van der Waals surface area (Å²) < 4.78 is 0. The van der Waals surface area contributed by atoms with Crippen molar-refractivity contribution in [2.75, 3.05) is 6.54 Å². The number of hydrogen-bond donors (Lipinski definition) is 1. The van der Waals surface area contributed by atoms with Gasteiger partial charge in [0.1, 0.15) is 0 Å². The number of aryl methyl sites for hydroxylation is 1. The second-order valence-electron chi connectivity index (χ2n) is 5.26. The van der Waals surface area contributed by atoms with E-state index in [1.165, 1.54) is 24.1 Å². The van der Waals surface area contributed by atoms with Crippen molar-refractivity contribution in [1.29, 1.82) is 0 Å².